The summed E-state index contributed by atoms with van der Waals surface area (Å²) in [5.41, 5.74) is 0.602. The topological polar surface area (TPSA) is 40.9 Å². The zero-order valence-electron chi connectivity index (χ0n) is 5.64. The molecule has 0 heterocycles. The Morgan fingerprint density at radius 3 is 2.56 bits per heavy atom. The van der Waals surface area contributed by atoms with Crippen molar-refractivity contribution in [2.45, 2.75) is 20.3 Å². The standard InChI is InChI=1S/C7H9NO/c1-6(5-8)3-4-7(2)9/h3H,4H2,1-2H3. The van der Waals surface area contributed by atoms with E-state index in [9.17, 15) is 4.79 Å². The molecule has 0 aromatic rings. The number of Topliss-reactive ketones (excluding diaryl/α,β-unsaturated/α-hetero) is 1. The van der Waals surface area contributed by atoms with Gasteiger partial charge >= 0.3 is 0 Å². The fourth-order valence-electron chi connectivity index (χ4n) is 0.342. The first kappa shape index (κ1) is 7.90. The Hall–Kier alpha value is -1.10. The normalized spacial score (nSPS) is 10.6. The van der Waals surface area contributed by atoms with Crippen LogP contribution in [0.5, 0.6) is 0 Å². The number of hydrogen-bond acceptors (Lipinski definition) is 2. The maximum absolute atomic E-state index is 10.3. The highest BCUT2D eigenvalue weighted by Crippen LogP contribution is 1.92. The molecule has 0 aliphatic rings. The molecule has 0 saturated carbocycles. The Balaban J connectivity index is 3.74. The fraction of sp³-hybridized carbons (Fsp3) is 0.429. The number of carbonyl (C=O) groups is 1. The van der Waals surface area contributed by atoms with E-state index in [0.717, 1.165) is 0 Å². The largest absolute Gasteiger partial charge is 0.300 e. The number of nitriles is 1. The predicted octanol–water partition coefficient (Wildman–Crippen LogP) is 1.44. The average Bonchev–Trinajstić information content (AvgIpc) is 1.83. The lowest BCUT2D eigenvalue weighted by atomic mass is 10.2. The molecule has 0 amide bonds. The first-order valence-corrected chi connectivity index (χ1v) is 2.73. The van der Waals surface area contributed by atoms with Gasteiger partial charge in [0.1, 0.15) is 5.78 Å². The molecule has 48 valence electrons. The van der Waals surface area contributed by atoms with Crippen LogP contribution in [0.4, 0.5) is 0 Å². The van der Waals surface area contributed by atoms with Gasteiger partial charge < -0.3 is 0 Å². The van der Waals surface area contributed by atoms with Crippen LogP contribution in [0.2, 0.25) is 0 Å². The van der Waals surface area contributed by atoms with Crippen LogP contribution in [0.3, 0.4) is 0 Å². The monoisotopic (exact) mass is 123 g/mol. The summed E-state index contributed by atoms with van der Waals surface area (Å²) < 4.78 is 0. The van der Waals surface area contributed by atoms with E-state index in [1.54, 1.807) is 13.0 Å². The van der Waals surface area contributed by atoms with E-state index >= 15 is 0 Å². The molecule has 2 nitrogen and oxygen atoms in total. The van der Waals surface area contributed by atoms with Crippen LogP contribution in [0.15, 0.2) is 11.6 Å². The van der Waals surface area contributed by atoms with Crippen LogP contribution < -0.4 is 0 Å². The van der Waals surface area contributed by atoms with Crippen LogP contribution in [-0.2, 0) is 4.79 Å². The number of allylic oxidation sites excluding steroid dienone is 2. The number of hydrogen-bond donors (Lipinski definition) is 0. The van der Waals surface area contributed by atoms with Gasteiger partial charge in [0.2, 0.25) is 0 Å². The van der Waals surface area contributed by atoms with Gasteiger partial charge in [-0.3, -0.25) is 4.79 Å². The van der Waals surface area contributed by atoms with Gasteiger partial charge in [-0.1, -0.05) is 6.08 Å². The van der Waals surface area contributed by atoms with Gasteiger partial charge in [-0.15, -0.1) is 0 Å². The molecule has 0 aliphatic carbocycles. The highest BCUT2D eigenvalue weighted by molar-refractivity contribution is 5.77. The zero-order valence-corrected chi connectivity index (χ0v) is 5.64. The Labute approximate surface area is 54.8 Å². The lowest BCUT2D eigenvalue weighted by molar-refractivity contribution is -0.116. The van der Waals surface area contributed by atoms with Crippen molar-refractivity contribution in [3.8, 4) is 6.07 Å². The molecule has 0 aromatic carbocycles. The molecular formula is C7H9NO. The molecular weight excluding hydrogens is 114 g/mol. The van der Waals surface area contributed by atoms with Gasteiger partial charge in [-0.05, 0) is 13.8 Å². The first-order valence-electron chi connectivity index (χ1n) is 2.73. The lowest BCUT2D eigenvalue weighted by Gasteiger charge is -1.83. The summed E-state index contributed by atoms with van der Waals surface area (Å²) in [6.07, 6.45) is 2.00. The number of rotatable bonds is 2. The quantitative estimate of drug-likeness (QED) is 0.521. The van der Waals surface area contributed by atoms with E-state index in [4.69, 9.17) is 5.26 Å². The average molecular weight is 123 g/mol. The van der Waals surface area contributed by atoms with Gasteiger partial charge in [0.25, 0.3) is 0 Å². The maximum atomic E-state index is 10.3. The van der Waals surface area contributed by atoms with Gasteiger partial charge in [0.15, 0.2) is 0 Å². The maximum Gasteiger partial charge on any atom is 0.133 e. The van der Waals surface area contributed by atoms with Crippen molar-refractivity contribution in [2.75, 3.05) is 0 Å². The second-order valence-corrected chi connectivity index (χ2v) is 1.91. The summed E-state index contributed by atoms with van der Waals surface area (Å²) in [4.78, 5) is 10.3. The molecule has 0 unspecified atom stereocenters. The van der Waals surface area contributed by atoms with Crippen LogP contribution in [0.25, 0.3) is 0 Å². The summed E-state index contributed by atoms with van der Waals surface area (Å²) in [7, 11) is 0. The van der Waals surface area contributed by atoms with Crippen molar-refractivity contribution in [3.63, 3.8) is 0 Å². The van der Waals surface area contributed by atoms with Crippen LogP contribution in [-0.4, -0.2) is 5.78 Å². The molecule has 0 aliphatic heterocycles. The Morgan fingerprint density at radius 1 is 1.67 bits per heavy atom. The highest BCUT2D eigenvalue weighted by atomic mass is 16.1. The molecule has 0 fully saturated rings. The zero-order chi connectivity index (χ0) is 7.28. The minimum Gasteiger partial charge on any atom is -0.300 e. The summed E-state index contributed by atoms with van der Waals surface area (Å²) >= 11 is 0. The Bertz CT molecular complexity index is 174. The highest BCUT2D eigenvalue weighted by Gasteiger charge is 1.87. The minimum absolute atomic E-state index is 0.0876. The molecule has 2 heteroatoms. The third-order valence-electron chi connectivity index (χ3n) is 0.872. The van der Waals surface area contributed by atoms with E-state index in [-0.39, 0.29) is 5.78 Å². The van der Waals surface area contributed by atoms with Gasteiger partial charge in [-0.2, -0.15) is 5.26 Å². The van der Waals surface area contributed by atoms with Gasteiger partial charge in [-0.25, -0.2) is 0 Å². The predicted molar refractivity (Wildman–Crippen MR) is 34.7 cm³/mol. The van der Waals surface area contributed by atoms with E-state index in [0.29, 0.717) is 12.0 Å². The van der Waals surface area contributed by atoms with Crippen LogP contribution in [0, 0.1) is 11.3 Å². The van der Waals surface area contributed by atoms with Crippen molar-refractivity contribution in [1.29, 1.82) is 5.26 Å². The second kappa shape index (κ2) is 3.85. The molecule has 0 atom stereocenters. The molecule has 0 spiro atoms. The lowest BCUT2D eigenvalue weighted by Crippen LogP contribution is -1.85. The van der Waals surface area contributed by atoms with Crippen LogP contribution >= 0.6 is 0 Å². The molecule has 0 radical (unpaired) electrons. The molecule has 0 bridgehead atoms. The first-order chi connectivity index (χ1) is 4.16. The SMILES string of the molecule is CC(=O)CC=C(C)C#N. The van der Waals surface area contributed by atoms with Gasteiger partial charge in [0.05, 0.1) is 6.07 Å². The number of carbonyl (C=O) groups excluding carboxylic acids is 1. The van der Waals surface area contributed by atoms with Crippen molar-refractivity contribution in [2.24, 2.45) is 0 Å². The molecule has 0 saturated heterocycles. The van der Waals surface area contributed by atoms with E-state index in [1.807, 2.05) is 6.07 Å². The number of ketones is 1. The van der Waals surface area contributed by atoms with E-state index < -0.39 is 0 Å². The van der Waals surface area contributed by atoms with E-state index in [1.165, 1.54) is 6.92 Å². The summed E-state index contributed by atoms with van der Waals surface area (Å²) in [6, 6.07) is 1.93. The van der Waals surface area contributed by atoms with Crippen molar-refractivity contribution < 1.29 is 4.79 Å². The van der Waals surface area contributed by atoms with Crippen molar-refractivity contribution >= 4 is 5.78 Å². The van der Waals surface area contributed by atoms with Crippen molar-refractivity contribution in [3.05, 3.63) is 11.6 Å². The van der Waals surface area contributed by atoms with Crippen molar-refractivity contribution in [1.82, 2.24) is 0 Å². The molecule has 0 aromatic heterocycles. The van der Waals surface area contributed by atoms with Crippen LogP contribution in [0.1, 0.15) is 20.3 Å². The molecule has 9 heavy (non-hydrogen) atoms. The summed E-state index contributed by atoms with van der Waals surface area (Å²) in [5.74, 6) is 0.0876. The van der Waals surface area contributed by atoms with E-state index in [2.05, 4.69) is 0 Å². The summed E-state index contributed by atoms with van der Waals surface area (Å²) in [5, 5.41) is 8.22. The summed E-state index contributed by atoms with van der Waals surface area (Å²) in [6.45, 7) is 3.18. The second-order valence-electron chi connectivity index (χ2n) is 1.91. The third kappa shape index (κ3) is 4.76. The van der Waals surface area contributed by atoms with Gasteiger partial charge in [0, 0.05) is 12.0 Å². The fourth-order valence-corrected chi connectivity index (χ4v) is 0.342. The minimum atomic E-state index is 0.0876. The Kier molecular flexibility index (Phi) is 3.38. The molecule has 0 N–H and O–H groups in total. The molecule has 0 rings (SSSR count). The third-order valence-corrected chi connectivity index (χ3v) is 0.872. The Morgan fingerprint density at radius 2 is 2.22 bits per heavy atom. The smallest absolute Gasteiger partial charge is 0.133 e. The number of nitrogens with zero attached hydrogens (tertiary/aromatic N) is 1.